The topological polar surface area (TPSA) is 418 Å². The number of carboxylic acids is 2. The van der Waals surface area contributed by atoms with Crippen molar-refractivity contribution in [1.82, 2.24) is 47.9 Å². The van der Waals surface area contributed by atoms with Gasteiger partial charge in [0.05, 0.1) is 27.3 Å². The molecule has 0 fully saturated rings. The summed E-state index contributed by atoms with van der Waals surface area (Å²) in [7, 11) is 2.86. The number of carboxylic acid groups (broad SMARTS) is 2. The Morgan fingerprint density at radius 2 is 1.11 bits per heavy atom. The standard InChI is InChI=1S/C59H82N10O17S/c1-32(2)26-41(67-58(82)51(34(5)6)69-48(73)30-62-53(77)36-14-10-9-11-15-36)57(81)64-39(16-12-13-25-61-46(71)29-45(59(83)84)87-38-21-23-43(85-7)44(28-38)86-8)55(79)65-40(22-24-49(74)75)56(80)66-42(27-35-17-19-37(70)20-18-35)54(78)63-31-47(72)68-50(33(3)4)52(60)76/h9-11,14-15,17-21,23,28,32-34,39-42,45,50-51,70H,12-13,16,22,24-27,29-31H2,1-8H3,(H2,60,76)(H,61,71)(H,62,77)(H,63,78)(H,64,81)(H,65,79)(H,66,80)(H,67,82)(H,68,72)(H,69,73)(H,74,75)(H,83,84)/t39-,40-,41-,42-,45+,50-,51-/m0/s1. The maximum absolute atomic E-state index is 14.6. The summed E-state index contributed by atoms with van der Waals surface area (Å²) in [4.78, 5) is 160. The van der Waals surface area contributed by atoms with Crippen molar-refractivity contribution in [3.8, 4) is 17.2 Å². The van der Waals surface area contributed by atoms with Gasteiger partial charge in [-0.25, -0.2) is 0 Å². The molecular weight excluding hydrogens is 1150 g/mol. The number of nitrogens with two attached hydrogens (primary N) is 1. The molecule has 476 valence electrons. The van der Waals surface area contributed by atoms with Crippen LogP contribution in [-0.2, 0) is 59.2 Å². The first-order chi connectivity index (χ1) is 41.1. The van der Waals surface area contributed by atoms with Gasteiger partial charge in [0, 0.05) is 36.3 Å². The Bertz CT molecular complexity index is 2860. The molecule has 87 heavy (non-hydrogen) atoms. The van der Waals surface area contributed by atoms with E-state index < -0.39 is 157 Å². The summed E-state index contributed by atoms with van der Waals surface area (Å²) < 4.78 is 10.6. The Kier molecular flexibility index (Phi) is 30.6. The number of hydrogen-bond donors (Lipinski definition) is 13. The summed E-state index contributed by atoms with van der Waals surface area (Å²) in [6.45, 7) is 8.89. The lowest BCUT2D eigenvalue weighted by Crippen LogP contribution is -2.60. The van der Waals surface area contributed by atoms with Gasteiger partial charge >= 0.3 is 11.9 Å². The second kappa shape index (κ2) is 36.8. The average molecular weight is 1240 g/mol. The van der Waals surface area contributed by atoms with Crippen LogP contribution in [0.25, 0.3) is 0 Å². The molecule has 3 aromatic rings. The number of rotatable bonds is 38. The number of amides is 10. The molecule has 0 aliphatic carbocycles. The Morgan fingerprint density at radius 3 is 1.67 bits per heavy atom. The van der Waals surface area contributed by atoms with Gasteiger partial charge in [-0.2, -0.15) is 0 Å². The highest BCUT2D eigenvalue weighted by Crippen LogP contribution is 2.34. The molecule has 0 aliphatic rings. The molecule has 0 saturated heterocycles. The number of ether oxygens (including phenoxy) is 2. The Balaban J connectivity index is 1.92. The third kappa shape index (κ3) is 26.1. The Morgan fingerprint density at radius 1 is 0.563 bits per heavy atom. The van der Waals surface area contributed by atoms with Crippen molar-refractivity contribution in [2.24, 2.45) is 23.5 Å². The van der Waals surface area contributed by atoms with E-state index in [2.05, 4.69) is 47.9 Å². The predicted octanol–water partition coefficient (Wildman–Crippen LogP) is 1.04. The van der Waals surface area contributed by atoms with E-state index in [0.29, 0.717) is 27.5 Å². The zero-order chi connectivity index (χ0) is 64.9. The number of carbonyl (C=O) groups excluding carboxylic acids is 10. The average Bonchev–Trinajstić information content (AvgIpc) is 3.66. The highest BCUT2D eigenvalue weighted by Gasteiger charge is 2.35. The van der Waals surface area contributed by atoms with Crippen LogP contribution in [0.5, 0.6) is 17.2 Å². The molecule has 27 nitrogen and oxygen atoms in total. The number of nitrogens with one attached hydrogen (secondary N) is 9. The van der Waals surface area contributed by atoms with E-state index >= 15 is 0 Å². The number of thioether (sulfide) groups is 1. The van der Waals surface area contributed by atoms with E-state index in [1.165, 1.54) is 38.5 Å². The Hall–Kier alpha value is -8.95. The fourth-order valence-corrected chi connectivity index (χ4v) is 9.52. The first-order valence-corrected chi connectivity index (χ1v) is 29.1. The van der Waals surface area contributed by atoms with Crippen LogP contribution < -0.4 is 63.1 Å². The molecule has 28 heteroatoms. The SMILES string of the molecule is COc1ccc(S[C@H](CC(=O)NCCCC[C@H](NC(=O)[C@H](CC(C)C)NC(=O)[C@@H](NC(=O)CNC(=O)c2ccccc2)C(C)C)C(=O)N[C@@H](CCC(=O)O)C(=O)N[C@@H](Cc2ccc(O)cc2)C(=O)NCC(=O)N[C@H](C(N)=O)C(C)C)C(=O)O)cc1OC. The van der Waals surface area contributed by atoms with Gasteiger partial charge in [0.15, 0.2) is 11.5 Å². The highest BCUT2D eigenvalue weighted by atomic mass is 32.2. The van der Waals surface area contributed by atoms with Gasteiger partial charge in [0.25, 0.3) is 5.91 Å². The second-order valence-electron chi connectivity index (χ2n) is 21.4. The van der Waals surface area contributed by atoms with Gasteiger partial charge in [-0.3, -0.25) is 57.5 Å². The molecule has 7 atom stereocenters. The minimum atomic E-state index is -1.70. The van der Waals surface area contributed by atoms with Crippen molar-refractivity contribution < 1.29 is 82.3 Å². The lowest BCUT2D eigenvalue weighted by molar-refractivity contribution is -0.139. The number of phenols is 1. The second-order valence-corrected chi connectivity index (χ2v) is 22.7. The largest absolute Gasteiger partial charge is 0.508 e. The van der Waals surface area contributed by atoms with Crippen LogP contribution in [-0.4, -0.2) is 162 Å². The fourth-order valence-electron chi connectivity index (χ4n) is 8.53. The molecule has 0 unspecified atom stereocenters. The van der Waals surface area contributed by atoms with Crippen LogP contribution in [0.3, 0.4) is 0 Å². The summed E-state index contributed by atoms with van der Waals surface area (Å²) in [5, 5.41) is 51.4. The Labute approximate surface area is 508 Å². The molecule has 0 spiro atoms. The van der Waals surface area contributed by atoms with Crippen molar-refractivity contribution in [3.63, 3.8) is 0 Å². The monoisotopic (exact) mass is 1230 g/mol. The van der Waals surface area contributed by atoms with Gasteiger partial charge in [0.1, 0.15) is 47.3 Å². The molecule has 0 aliphatic heterocycles. The third-order valence-electron chi connectivity index (χ3n) is 13.2. The van der Waals surface area contributed by atoms with Gasteiger partial charge in [-0.15, -0.1) is 11.8 Å². The molecule has 3 rings (SSSR count). The minimum absolute atomic E-state index is 0.00467. The molecule has 0 bridgehead atoms. The smallest absolute Gasteiger partial charge is 0.317 e. The highest BCUT2D eigenvalue weighted by molar-refractivity contribution is 8.00. The van der Waals surface area contributed by atoms with E-state index in [-0.39, 0.29) is 50.3 Å². The molecule has 0 aromatic heterocycles. The van der Waals surface area contributed by atoms with E-state index in [1.807, 2.05) is 0 Å². The molecular formula is C59H82N10O17S. The first kappa shape index (κ1) is 72.3. The van der Waals surface area contributed by atoms with E-state index in [1.54, 1.807) is 90.1 Å². The van der Waals surface area contributed by atoms with Crippen LogP contribution in [0.1, 0.15) is 102 Å². The lowest BCUT2D eigenvalue weighted by atomic mass is 9.99. The maximum atomic E-state index is 14.6. The van der Waals surface area contributed by atoms with Crippen LogP contribution in [0, 0.1) is 17.8 Å². The number of aliphatic carboxylic acids is 2. The number of benzene rings is 3. The first-order valence-electron chi connectivity index (χ1n) is 28.2. The van der Waals surface area contributed by atoms with E-state index in [9.17, 15) is 72.9 Å². The van der Waals surface area contributed by atoms with Gasteiger partial charge in [0.2, 0.25) is 53.2 Å². The summed E-state index contributed by atoms with van der Waals surface area (Å²) in [6, 6.07) is 10.0. The lowest BCUT2D eigenvalue weighted by Gasteiger charge is -2.28. The minimum Gasteiger partial charge on any atom is -0.508 e. The van der Waals surface area contributed by atoms with Crippen molar-refractivity contribution >= 4 is 82.8 Å². The third-order valence-corrected chi connectivity index (χ3v) is 14.4. The molecule has 0 heterocycles. The van der Waals surface area contributed by atoms with Crippen molar-refractivity contribution in [3.05, 3.63) is 83.9 Å². The predicted molar refractivity (Wildman–Crippen MR) is 319 cm³/mol. The number of methoxy groups -OCH3 is 2. The van der Waals surface area contributed by atoms with Gasteiger partial charge in [-0.05, 0) is 97.9 Å². The van der Waals surface area contributed by atoms with Crippen LogP contribution >= 0.6 is 11.8 Å². The summed E-state index contributed by atoms with van der Waals surface area (Å²) in [5.74, 6) is -11.3. The number of primary amides is 1. The van der Waals surface area contributed by atoms with Crippen LogP contribution in [0.4, 0.5) is 0 Å². The summed E-state index contributed by atoms with van der Waals surface area (Å²) in [6.07, 6.45) is -1.90. The molecule has 10 amide bonds. The molecule has 0 radical (unpaired) electrons. The summed E-state index contributed by atoms with van der Waals surface area (Å²) >= 11 is 0.914. The normalized spacial score (nSPS) is 13.4. The van der Waals surface area contributed by atoms with E-state index in [0.717, 1.165) is 11.8 Å². The number of unbranched alkanes of at least 4 members (excludes halogenated alkanes) is 1. The molecule has 14 N–H and O–H groups in total. The zero-order valence-corrected chi connectivity index (χ0v) is 50.8. The van der Waals surface area contributed by atoms with Crippen LogP contribution in [0.15, 0.2) is 77.7 Å². The van der Waals surface area contributed by atoms with Gasteiger partial charge in [-0.1, -0.05) is 71.9 Å². The quantitative estimate of drug-likeness (QED) is 0.0281. The fraction of sp³-hybridized carbons (Fsp3) is 0.492. The molecule has 3 aromatic carbocycles. The van der Waals surface area contributed by atoms with Crippen molar-refractivity contribution in [1.29, 1.82) is 0 Å². The zero-order valence-electron chi connectivity index (χ0n) is 50.0. The van der Waals surface area contributed by atoms with Gasteiger partial charge < -0.3 is 78.4 Å². The number of aromatic hydroxyl groups is 1. The number of carbonyl (C=O) groups is 12. The summed E-state index contributed by atoms with van der Waals surface area (Å²) in [5.41, 5.74) is 6.14. The molecule has 0 saturated carbocycles. The number of phenolic OH excluding ortho intramolecular Hbond substituents is 1. The van der Waals surface area contributed by atoms with Crippen molar-refractivity contribution in [2.45, 2.75) is 139 Å². The number of hydrogen-bond acceptors (Lipinski definition) is 16. The van der Waals surface area contributed by atoms with Crippen molar-refractivity contribution in [2.75, 3.05) is 33.9 Å². The van der Waals surface area contributed by atoms with Crippen LogP contribution in [0.2, 0.25) is 0 Å². The maximum Gasteiger partial charge on any atom is 0.317 e. The van der Waals surface area contributed by atoms with E-state index in [4.69, 9.17) is 15.2 Å².